The molecule has 0 unspecified atom stereocenters. The molecule has 0 spiro atoms. The predicted molar refractivity (Wildman–Crippen MR) is 69.3 cm³/mol. The summed E-state index contributed by atoms with van der Waals surface area (Å²) in [6.07, 6.45) is -4.49. The van der Waals surface area contributed by atoms with Crippen LogP contribution < -0.4 is 0 Å². The third kappa shape index (κ3) is 2.02. The molecular weight excluding hydrogens is 275 g/mol. The highest BCUT2D eigenvalue weighted by Gasteiger charge is 2.35. The van der Waals surface area contributed by atoms with Gasteiger partial charge in [-0.3, -0.25) is 0 Å². The molecule has 0 N–H and O–H groups in total. The van der Waals surface area contributed by atoms with Gasteiger partial charge in [0.05, 0.1) is 5.52 Å². The molecule has 0 aliphatic rings. The van der Waals surface area contributed by atoms with Gasteiger partial charge in [0, 0.05) is 15.8 Å². The van der Waals surface area contributed by atoms with Gasteiger partial charge in [-0.2, -0.15) is 13.2 Å². The fourth-order valence-electron chi connectivity index (χ4n) is 2.15. The van der Waals surface area contributed by atoms with Crippen LogP contribution in [0.25, 0.3) is 21.7 Å². The van der Waals surface area contributed by atoms with Crippen LogP contribution in [0.15, 0.2) is 42.5 Å². The minimum absolute atomic E-state index is 0.102. The quantitative estimate of drug-likeness (QED) is 0.525. The van der Waals surface area contributed by atoms with Gasteiger partial charge in [-0.25, -0.2) is 4.98 Å². The standard InChI is InChI=1S/C14H7ClF3N/c15-8-5-6-10-9-3-1-2-4-11(9)13(14(16,17)18)19-12(10)7-8/h1-7H. The van der Waals surface area contributed by atoms with Gasteiger partial charge in [-0.05, 0) is 17.5 Å². The van der Waals surface area contributed by atoms with Gasteiger partial charge in [0.25, 0.3) is 0 Å². The largest absolute Gasteiger partial charge is 0.433 e. The fraction of sp³-hybridized carbons (Fsp3) is 0.0714. The second-order valence-corrected chi connectivity index (χ2v) is 4.60. The Hall–Kier alpha value is -1.81. The van der Waals surface area contributed by atoms with E-state index in [-0.39, 0.29) is 10.9 Å². The van der Waals surface area contributed by atoms with Gasteiger partial charge in [-0.1, -0.05) is 41.9 Å². The van der Waals surface area contributed by atoms with Gasteiger partial charge < -0.3 is 0 Å². The number of pyridine rings is 1. The number of rotatable bonds is 0. The normalized spacial score (nSPS) is 12.2. The van der Waals surface area contributed by atoms with E-state index in [1.165, 1.54) is 12.1 Å². The molecule has 0 saturated heterocycles. The molecule has 0 bridgehead atoms. The SMILES string of the molecule is FC(F)(F)c1nc2cc(Cl)ccc2c2ccccc12. The highest BCUT2D eigenvalue weighted by molar-refractivity contribution is 6.31. The Bertz CT molecular complexity index is 781. The van der Waals surface area contributed by atoms with Crippen molar-refractivity contribution in [2.24, 2.45) is 0 Å². The van der Waals surface area contributed by atoms with E-state index in [9.17, 15) is 13.2 Å². The van der Waals surface area contributed by atoms with Crippen LogP contribution in [0.2, 0.25) is 5.02 Å². The maximum absolute atomic E-state index is 13.1. The smallest absolute Gasteiger partial charge is 0.243 e. The Morgan fingerprint density at radius 3 is 2.26 bits per heavy atom. The molecule has 0 aliphatic heterocycles. The zero-order valence-corrected chi connectivity index (χ0v) is 10.3. The molecule has 96 valence electrons. The van der Waals surface area contributed by atoms with Gasteiger partial charge in [0.15, 0.2) is 5.69 Å². The van der Waals surface area contributed by atoms with Crippen molar-refractivity contribution < 1.29 is 13.2 Å². The first-order valence-corrected chi connectivity index (χ1v) is 5.90. The number of fused-ring (bicyclic) bond motifs is 3. The Labute approximate surface area is 111 Å². The maximum Gasteiger partial charge on any atom is 0.433 e. The second-order valence-electron chi connectivity index (χ2n) is 4.17. The lowest BCUT2D eigenvalue weighted by atomic mass is 10.0. The van der Waals surface area contributed by atoms with Crippen molar-refractivity contribution in [3.8, 4) is 0 Å². The van der Waals surface area contributed by atoms with Gasteiger partial charge in [0.1, 0.15) is 0 Å². The van der Waals surface area contributed by atoms with Crippen LogP contribution in [-0.2, 0) is 6.18 Å². The van der Waals surface area contributed by atoms with Crippen LogP contribution in [0.4, 0.5) is 13.2 Å². The minimum Gasteiger partial charge on any atom is -0.243 e. The monoisotopic (exact) mass is 281 g/mol. The molecule has 0 amide bonds. The molecule has 1 aromatic heterocycles. The number of aromatic nitrogens is 1. The summed E-state index contributed by atoms with van der Waals surface area (Å²) in [5, 5.41) is 1.65. The maximum atomic E-state index is 13.1. The van der Waals surface area contributed by atoms with Gasteiger partial charge in [-0.15, -0.1) is 0 Å². The number of hydrogen-bond acceptors (Lipinski definition) is 1. The topological polar surface area (TPSA) is 12.9 Å². The molecule has 1 heterocycles. The molecule has 0 radical (unpaired) electrons. The average Bonchev–Trinajstić information content (AvgIpc) is 2.36. The molecule has 19 heavy (non-hydrogen) atoms. The molecular formula is C14H7ClF3N. The van der Waals surface area contributed by atoms with Crippen LogP contribution in [-0.4, -0.2) is 4.98 Å². The van der Waals surface area contributed by atoms with Crippen LogP contribution in [0.5, 0.6) is 0 Å². The van der Waals surface area contributed by atoms with Crippen molar-refractivity contribution >= 4 is 33.3 Å². The minimum atomic E-state index is -4.49. The molecule has 3 rings (SSSR count). The lowest BCUT2D eigenvalue weighted by Gasteiger charge is -2.12. The fourth-order valence-corrected chi connectivity index (χ4v) is 2.31. The first-order valence-electron chi connectivity index (χ1n) is 5.52. The zero-order valence-electron chi connectivity index (χ0n) is 9.50. The lowest BCUT2D eigenvalue weighted by molar-refractivity contribution is -0.139. The lowest BCUT2D eigenvalue weighted by Crippen LogP contribution is -2.09. The van der Waals surface area contributed by atoms with Crippen LogP contribution in [0.1, 0.15) is 5.69 Å². The Kier molecular flexibility index (Phi) is 2.64. The van der Waals surface area contributed by atoms with Crippen molar-refractivity contribution in [3.63, 3.8) is 0 Å². The summed E-state index contributed by atoms with van der Waals surface area (Å²) >= 11 is 5.82. The molecule has 5 heteroatoms. The molecule has 2 aromatic carbocycles. The van der Waals surface area contributed by atoms with E-state index < -0.39 is 11.9 Å². The first kappa shape index (κ1) is 12.2. The number of hydrogen-bond donors (Lipinski definition) is 0. The molecule has 3 aromatic rings. The Morgan fingerprint density at radius 1 is 0.895 bits per heavy atom. The average molecular weight is 282 g/mol. The van der Waals surface area contributed by atoms with Crippen LogP contribution >= 0.6 is 11.6 Å². The molecule has 1 nitrogen and oxygen atoms in total. The summed E-state index contributed by atoms with van der Waals surface area (Å²) in [6, 6.07) is 11.1. The first-order chi connectivity index (χ1) is 8.97. The Balaban J connectivity index is 2.54. The predicted octanol–water partition coefficient (Wildman–Crippen LogP) is 5.06. The van der Waals surface area contributed by atoms with E-state index in [1.54, 1.807) is 30.3 Å². The van der Waals surface area contributed by atoms with E-state index in [4.69, 9.17) is 11.6 Å². The van der Waals surface area contributed by atoms with Crippen molar-refractivity contribution in [2.75, 3.05) is 0 Å². The Morgan fingerprint density at radius 2 is 1.58 bits per heavy atom. The molecule has 0 saturated carbocycles. The highest BCUT2D eigenvalue weighted by atomic mass is 35.5. The summed E-state index contributed by atoms with van der Waals surface area (Å²) < 4.78 is 39.2. The van der Waals surface area contributed by atoms with E-state index >= 15 is 0 Å². The number of nitrogens with zero attached hydrogens (tertiary/aromatic N) is 1. The molecule has 0 aliphatic carbocycles. The van der Waals surface area contributed by atoms with E-state index in [2.05, 4.69) is 4.98 Å². The van der Waals surface area contributed by atoms with Crippen molar-refractivity contribution in [2.45, 2.75) is 6.18 Å². The number of halogens is 4. The summed E-state index contributed by atoms with van der Waals surface area (Å²) in [5.41, 5.74) is -0.628. The number of benzene rings is 2. The van der Waals surface area contributed by atoms with Crippen molar-refractivity contribution in [1.82, 2.24) is 4.98 Å². The summed E-state index contributed by atoms with van der Waals surface area (Å²) in [7, 11) is 0. The summed E-state index contributed by atoms with van der Waals surface area (Å²) in [4.78, 5) is 3.73. The molecule has 0 atom stereocenters. The van der Waals surface area contributed by atoms with E-state index in [1.807, 2.05) is 0 Å². The van der Waals surface area contributed by atoms with Crippen molar-refractivity contribution in [1.29, 1.82) is 0 Å². The zero-order chi connectivity index (χ0) is 13.6. The third-order valence-electron chi connectivity index (χ3n) is 2.93. The van der Waals surface area contributed by atoms with E-state index in [0.29, 0.717) is 15.8 Å². The third-order valence-corrected chi connectivity index (χ3v) is 3.17. The number of alkyl halides is 3. The van der Waals surface area contributed by atoms with E-state index in [0.717, 1.165) is 0 Å². The summed E-state index contributed by atoms with van der Waals surface area (Å²) in [6.45, 7) is 0. The van der Waals surface area contributed by atoms with Crippen molar-refractivity contribution in [3.05, 3.63) is 53.2 Å². The van der Waals surface area contributed by atoms with Crippen LogP contribution in [0.3, 0.4) is 0 Å². The van der Waals surface area contributed by atoms with Crippen LogP contribution in [0, 0.1) is 0 Å². The van der Waals surface area contributed by atoms with Gasteiger partial charge >= 0.3 is 6.18 Å². The van der Waals surface area contributed by atoms with Gasteiger partial charge in [0.2, 0.25) is 0 Å². The second kappa shape index (κ2) is 4.10. The summed E-state index contributed by atoms with van der Waals surface area (Å²) in [5.74, 6) is 0. The molecule has 0 fully saturated rings. The highest BCUT2D eigenvalue weighted by Crippen LogP contribution is 2.36.